The lowest BCUT2D eigenvalue weighted by Gasteiger charge is -2.22. The number of hydrogen-bond acceptors (Lipinski definition) is 8. The fraction of sp³-hybridized carbons (Fsp3) is 0.318. The lowest BCUT2D eigenvalue weighted by Crippen LogP contribution is -2.22. The third-order valence-electron chi connectivity index (χ3n) is 5.23. The van der Waals surface area contributed by atoms with Crippen LogP contribution in [0, 0.1) is 0 Å². The number of ether oxygens (including phenoxy) is 2. The van der Waals surface area contributed by atoms with Crippen molar-refractivity contribution >= 4 is 34.4 Å². The SMILES string of the molecule is CNc1ccc(C(C)c2nc(-c3ccc(C4(C)OCCO4)cn3)cs2)cc1SC=O. The summed E-state index contributed by atoms with van der Waals surface area (Å²) in [7, 11) is 1.85. The monoisotopic (exact) mass is 441 g/mol. The van der Waals surface area contributed by atoms with E-state index < -0.39 is 5.79 Å². The van der Waals surface area contributed by atoms with Crippen molar-refractivity contribution in [2.24, 2.45) is 0 Å². The normalized spacial score (nSPS) is 16.4. The van der Waals surface area contributed by atoms with Crippen molar-refractivity contribution in [3.8, 4) is 11.4 Å². The van der Waals surface area contributed by atoms with Gasteiger partial charge in [0.15, 0.2) is 11.4 Å². The van der Waals surface area contributed by atoms with Gasteiger partial charge in [0.2, 0.25) is 0 Å². The molecule has 1 aromatic carbocycles. The molecule has 0 aliphatic carbocycles. The summed E-state index contributed by atoms with van der Waals surface area (Å²) in [5.41, 5.74) is 5.47. The molecule has 30 heavy (non-hydrogen) atoms. The highest BCUT2D eigenvalue weighted by Gasteiger charge is 2.33. The Morgan fingerprint density at radius 1 is 1.23 bits per heavy atom. The molecule has 1 N–H and O–H groups in total. The number of aromatic nitrogens is 2. The fourth-order valence-electron chi connectivity index (χ4n) is 3.41. The third kappa shape index (κ3) is 4.13. The number of pyridine rings is 1. The molecule has 2 aromatic heterocycles. The Morgan fingerprint density at radius 2 is 2.03 bits per heavy atom. The summed E-state index contributed by atoms with van der Waals surface area (Å²) >= 11 is 2.79. The first-order valence-electron chi connectivity index (χ1n) is 9.66. The molecule has 0 saturated carbocycles. The van der Waals surface area contributed by atoms with Crippen molar-refractivity contribution in [1.29, 1.82) is 0 Å². The summed E-state index contributed by atoms with van der Waals surface area (Å²) in [5, 5.41) is 6.15. The van der Waals surface area contributed by atoms with E-state index >= 15 is 0 Å². The second-order valence-corrected chi connectivity index (χ2v) is 8.84. The van der Waals surface area contributed by atoms with Crippen molar-refractivity contribution in [3.05, 3.63) is 58.0 Å². The highest BCUT2D eigenvalue weighted by atomic mass is 32.2. The molecule has 0 amide bonds. The van der Waals surface area contributed by atoms with E-state index in [9.17, 15) is 4.79 Å². The van der Waals surface area contributed by atoms with E-state index in [1.165, 1.54) is 11.8 Å². The van der Waals surface area contributed by atoms with Gasteiger partial charge < -0.3 is 14.8 Å². The summed E-state index contributed by atoms with van der Waals surface area (Å²) in [6.07, 6.45) is 1.79. The molecule has 8 heteroatoms. The molecule has 0 spiro atoms. The van der Waals surface area contributed by atoms with Crippen molar-refractivity contribution in [3.63, 3.8) is 0 Å². The molecule has 1 unspecified atom stereocenters. The number of carbonyl (C=O) groups excluding carboxylic acids is 1. The largest absolute Gasteiger partial charge is 0.387 e. The van der Waals surface area contributed by atoms with Crippen molar-refractivity contribution in [2.45, 2.75) is 30.4 Å². The number of thioether (sulfide) groups is 1. The molecule has 1 atom stereocenters. The van der Waals surface area contributed by atoms with Crippen LogP contribution < -0.4 is 5.32 Å². The van der Waals surface area contributed by atoms with Gasteiger partial charge in [-0.25, -0.2) is 4.98 Å². The van der Waals surface area contributed by atoms with Crippen LogP contribution in [-0.2, 0) is 20.1 Å². The van der Waals surface area contributed by atoms with E-state index in [1.54, 1.807) is 17.5 Å². The maximum absolute atomic E-state index is 11.0. The molecular formula is C22H23N3O3S2. The van der Waals surface area contributed by atoms with Crippen LogP contribution >= 0.6 is 23.1 Å². The topological polar surface area (TPSA) is 73.3 Å². The molecule has 1 fully saturated rings. The summed E-state index contributed by atoms with van der Waals surface area (Å²) < 4.78 is 11.4. The second kappa shape index (κ2) is 8.85. The summed E-state index contributed by atoms with van der Waals surface area (Å²) in [5.74, 6) is -0.608. The van der Waals surface area contributed by atoms with Gasteiger partial charge in [0.05, 0.1) is 24.6 Å². The van der Waals surface area contributed by atoms with Gasteiger partial charge in [0, 0.05) is 40.7 Å². The molecule has 4 rings (SSSR count). The second-order valence-electron chi connectivity index (χ2n) is 7.09. The Bertz CT molecular complexity index is 1030. The minimum atomic E-state index is -0.718. The molecule has 1 aliphatic heterocycles. The molecular weight excluding hydrogens is 418 g/mol. The Balaban J connectivity index is 1.55. The Hall–Kier alpha value is -2.26. The number of carbonyl (C=O) groups is 1. The van der Waals surface area contributed by atoms with Gasteiger partial charge in [-0.3, -0.25) is 9.78 Å². The number of nitrogens with one attached hydrogen (secondary N) is 1. The van der Waals surface area contributed by atoms with Crippen LogP contribution in [-0.4, -0.2) is 35.8 Å². The first-order chi connectivity index (χ1) is 14.5. The van der Waals surface area contributed by atoms with Gasteiger partial charge in [0.25, 0.3) is 0 Å². The minimum absolute atomic E-state index is 0.110. The summed E-state index contributed by atoms with van der Waals surface area (Å²) in [6, 6.07) is 10.1. The molecule has 3 heterocycles. The zero-order valence-corrected chi connectivity index (χ0v) is 18.7. The number of hydrogen-bond donors (Lipinski definition) is 1. The zero-order chi connectivity index (χ0) is 21.1. The van der Waals surface area contributed by atoms with Gasteiger partial charge in [-0.1, -0.05) is 24.8 Å². The molecule has 0 bridgehead atoms. The average Bonchev–Trinajstić information content (AvgIpc) is 3.44. The van der Waals surface area contributed by atoms with Crippen LogP contribution in [0.25, 0.3) is 11.4 Å². The maximum atomic E-state index is 11.0. The van der Waals surface area contributed by atoms with E-state index in [-0.39, 0.29) is 5.92 Å². The molecule has 1 saturated heterocycles. The van der Waals surface area contributed by atoms with Crippen molar-refractivity contribution in [1.82, 2.24) is 9.97 Å². The van der Waals surface area contributed by atoms with E-state index in [0.29, 0.717) is 13.2 Å². The molecule has 156 valence electrons. The number of nitrogens with zero attached hydrogens (tertiary/aromatic N) is 2. The lowest BCUT2D eigenvalue weighted by atomic mass is 10.0. The van der Waals surface area contributed by atoms with Crippen LogP contribution in [0.2, 0.25) is 0 Å². The van der Waals surface area contributed by atoms with Gasteiger partial charge in [-0.2, -0.15) is 0 Å². The molecule has 6 nitrogen and oxygen atoms in total. The predicted molar refractivity (Wildman–Crippen MR) is 121 cm³/mol. The van der Waals surface area contributed by atoms with E-state index in [0.717, 1.165) is 43.7 Å². The van der Waals surface area contributed by atoms with E-state index in [2.05, 4.69) is 23.3 Å². The van der Waals surface area contributed by atoms with Crippen molar-refractivity contribution in [2.75, 3.05) is 25.6 Å². The summed E-state index contributed by atoms with van der Waals surface area (Å²) in [6.45, 7) is 5.22. The maximum Gasteiger partial charge on any atom is 0.193 e. The molecule has 0 radical (unpaired) electrons. The first-order valence-corrected chi connectivity index (χ1v) is 11.4. The third-order valence-corrected chi connectivity index (χ3v) is 6.95. The summed E-state index contributed by atoms with van der Waals surface area (Å²) in [4.78, 5) is 21.3. The Kier molecular flexibility index (Phi) is 6.19. The van der Waals surface area contributed by atoms with Crippen molar-refractivity contribution < 1.29 is 14.3 Å². The number of rotatable bonds is 7. The minimum Gasteiger partial charge on any atom is -0.387 e. The molecule has 3 aromatic rings. The van der Waals surface area contributed by atoms with Crippen LogP contribution in [0.3, 0.4) is 0 Å². The predicted octanol–water partition coefficient (Wildman–Crippen LogP) is 4.90. The molecule has 1 aliphatic rings. The average molecular weight is 442 g/mol. The van der Waals surface area contributed by atoms with Crippen LogP contribution in [0.1, 0.15) is 35.9 Å². The highest BCUT2D eigenvalue weighted by molar-refractivity contribution is 8.12. The highest BCUT2D eigenvalue weighted by Crippen LogP contribution is 2.35. The number of thiazole rings is 1. The quantitative estimate of drug-likeness (QED) is 0.413. The van der Waals surface area contributed by atoms with Crippen LogP contribution in [0.5, 0.6) is 0 Å². The van der Waals surface area contributed by atoms with E-state index in [4.69, 9.17) is 14.5 Å². The number of benzene rings is 1. The standard InChI is InChI=1S/C22H23N3O3S2/c1-14(15-4-6-18(23-3)20(10-15)30-13-26)21-25-19(12-29-21)17-7-5-16(11-24-17)22(2)27-8-9-28-22/h4-7,10-14,23H,8-9H2,1-3H3. The Morgan fingerprint density at radius 3 is 2.70 bits per heavy atom. The number of anilines is 1. The zero-order valence-electron chi connectivity index (χ0n) is 17.0. The van der Waals surface area contributed by atoms with E-state index in [1.807, 2.05) is 43.6 Å². The first kappa shape index (κ1) is 21.0. The van der Waals surface area contributed by atoms with Gasteiger partial charge in [-0.15, -0.1) is 11.3 Å². The Labute approximate surface area is 184 Å². The van der Waals surface area contributed by atoms with Gasteiger partial charge in [0.1, 0.15) is 5.01 Å². The van der Waals surface area contributed by atoms with Crippen LogP contribution in [0.15, 0.2) is 46.8 Å². The lowest BCUT2D eigenvalue weighted by molar-refractivity contribution is -0.149. The fourth-order valence-corrected chi connectivity index (χ4v) is 4.91. The van der Waals surface area contributed by atoms with Crippen LogP contribution in [0.4, 0.5) is 5.69 Å². The smallest absolute Gasteiger partial charge is 0.193 e. The van der Waals surface area contributed by atoms with Gasteiger partial charge in [-0.05, 0) is 36.8 Å². The van der Waals surface area contributed by atoms with Gasteiger partial charge >= 0.3 is 0 Å².